The molecule has 10 heteroatoms. The number of hydrazone groups is 1. The molecule has 1 N–H and O–H groups in total. The van der Waals surface area contributed by atoms with E-state index in [1.165, 1.54) is 30.3 Å². The third kappa shape index (κ3) is 4.91. The van der Waals surface area contributed by atoms with E-state index in [0.717, 1.165) is 16.2 Å². The average molecular weight is 488 g/mol. The minimum atomic E-state index is -4.08. The Bertz CT molecular complexity index is 1440. The van der Waals surface area contributed by atoms with Crippen molar-refractivity contribution in [2.24, 2.45) is 5.10 Å². The number of rotatable bonds is 6. The van der Waals surface area contributed by atoms with Crippen molar-refractivity contribution in [3.63, 3.8) is 0 Å². The lowest BCUT2D eigenvalue weighted by atomic mass is 9.98. The zero-order valence-electron chi connectivity index (χ0n) is 17.9. The molecule has 0 unspecified atom stereocenters. The predicted molar refractivity (Wildman–Crippen MR) is 125 cm³/mol. The van der Waals surface area contributed by atoms with Crippen LogP contribution in [0, 0.1) is 12.7 Å². The largest absolute Gasteiger partial charge is 0.284 e. The molecule has 4 rings (SSSR count). The topological polar surface area (TPSA) is 95.9 Å². The Kier molecular flexibility index (Phi) is 5.98. The van der Waals surface area contributed by atoms with Crippen molar-refractivity contribution >= 4 is 31.4 Å². The Labute approximate surface area is 192 Å². The molecule has 0 spiro atoms. The number of nitrogens with zero attached hydrogens (tertiary/aromatic N) is 2. The summed E-state index contributed by atoms with van der Waals surface area (Å²) in [5.41, 5.74) is 2.36. The summed E-state index contributed by atoms with van der Waals surface area (Å²) in [5, 5.41) is 4.38. The lowest BCUT2D eigenvalue weighted by molar-refractivity contribution is 0.362. The van der Waals surface area contributed by atoms with Crippen LogP contribution in [0.2, 0.25) is 0 Å². The minimum Gasteiger partial charge on any atom is -0.284 e. The number of nitrogens with one attached hydrogen (secondary N) is 1. The van der Waals surface area contributed by atoms with Crippen LogP contribution in [0.3, 0.4) is 0 Å². The van der Waals surface area contributed by atoms with Crippen LogP contribution in [-0.4, -0.2) is 33.2 Å². The second kappa shape index (κ2) is 8.60. The molecule has 0 saturated carbocycles. The van der Waals surface area contributed by atoms with Crippen molar-refractivity contribution in [2.45, 2.75) is 24.3 Å². The molecule has 3 aromatic rings. The SMILES string of the molecule is Cc1ccc(S(=O)(=O)N2N=C(c3cccc(NS(C)(=O)=O)c3)C[C@H]2c2ccccc2F)cc1. The van der Waals surface area contributed by atoms with E-state index >= 15 is 0 Å². The number of hydrogen-bond donors (Lipinski definition) is 1. The molecule has 1 heterocycles. The van der Waals surface area contributed by atoms with E-state index in [0.29, 0.717) is 17.0 Å². The van der Waals surface area contributed by atoms with Crippen LogP contribution in [0.25, 0.3) is 0 Å². The lowest BCUT2D eigenvalue weighted by Crippen LogP contribution is -2.28. The van der Waals surface area contributed by atoms with E-state index in [2.05, 4.69) is 9.82 Å². The Balaban J connectivity index is 1.80. The van der Waals surface area contributed by atoms with Gasteiger partial charge in [-0.1, -0.05) is 48.0 Å². The van der Waals surface area contributed by atoms with Crippen LogP contribution >= 0.6 is 0 Å². The van der Waals surface area contributed by atoms with Gasteiger partial charge in [0.15, 0.2) is 0 Å². The Hall–Kier alpha value is -3.24. The molecule has 0 amide bonds. The van der Waals surface area contributed by atoms with Crippen molar-refractivity contribution in [2.75, 3.05) is 11.0 Å². The average Bonchev–Trinajstić information content (AvgIpc) is 3.20. The summed E-state index contributed by atoms with van der Waals surface area (Å²) in [6.07, 6.45) is 1.16. The van der Waals surface area contributed by atoms with Gasteiger partial charge in [-0.15, -0.1) is 0 Å². The van der Waals surface area contributed by atoms with Crippen molar-refractivity contribution < 1.29 is 21.2 Å². The van der Waals surface area contributed by atoms with Gasteiger partial charge in [0.25, 0.3) is 10.0 Å². The fourth-order valence-corrected chi connectivity index (χ4v) is 5.64. The monoisotopic (exact) mass is 487 g/mol. The van der Waals surface area contributed by atoms with Gasteiger partial charge in [0.2, 0.25) is 10.0 Å². The summed E-state index contributed by atoms with van der Waals surface area (Å²) in [6, 6.07) is 18.0. The zero-order valence-corrected chi connectivity index (χ0v) is 19.6. The summed E-state index contributed by atoms with van der Waals surface area (Å²) >= 11 is 0. The second-order valence-corrected chi connectivity index (χ2v) is 11.4. The first kappa shape index (κ1) is 22.9. The molecule has 0 saturated heterocycles. The predicted octanol–water partition coefficient (Wildman–Crippen LogP) is 4.05. The molecule has 0 aliphatic carbocycles. The van der Waals surface area contributed by atoms with E-state index in [-0.39, 0.29) is 16.9 Å². The molecule has 0 aromatic heterocycles. The zero-order chi connectivity index (χ0) is 23.8. The molecule has 1 aliphatic rings. The number of halogens is 1. The van der Waals surface area contributed by atoms with Crippen LogP contribution in [0.15, 0.2) is 82.8 Å². The molecule has 3 aromatic carbocycles. The molecule has 1 aliphatic heterocycles. The van der Waals surface area contributed by atoms with E-state index in [1.54, 1.807) is 42.5 Å². The molecule has 1 atom stereocenters. The normalized spacial score (nSPS) is 16.5. The summed E-state index contributed by atoms with van der Waals surface area (Å²) in [5.74, 6) is -0.532. The lowest BCUT2D eigenvalue weighted by Gasteiger charge is -2.23. The Morgan fingerprint density at radius 3 is 2.33 bits per heavy atom. The van der Waals surface area contributed by atoms with Gasteiger partial charge in [0.1, 0.15) is 5.82 Å². The Morgan fingerprint density at radius 1 is 0.970 bits per heavy atom. The van der Waals surface area contributed by atoms with Gasteiger partial charge >= 0.3 is 0 Å². The third-order valence-corrected chi connectivity index (χ3v) is 7.50. The van der Waals surface area contributed by atoms with Crippen LogP contribution < -0.4 is 4.72 Å². The highest BCUT2D eigenvalue weighted by atomic mass is 32.2. The fourth-order valence-electron chi connectivity index (χ4n) is 3.66. The molecule has 33 heavy (non-hydrogen) atoms. The van der Waals surface area contributed by atoms with Gasteiger partial charge in [0, 0.05) is 17.7 Å². The summed E-state index contributed by atoms with van der Waals surface area (Å²) in [6.45, 7) is 1.85. The number of benzene rings is 3. The van der Waals surface area contributed by atoms with E-state index < -0.39 is 31.9 Å². The van der Waals surface area contributed by atoms with Crippen LogP contribution in [0.5, 0.6) is 0 Å². The number of aryl methyl sites for hydroxylation is 1. The molecule has 0 radical (unpaired) electrons. The van der Waals surface area contributed by atoms with Gasteiger partial charge < -0.3 is 0 Å². The maximum absolute atomic E-state index is 14.7. The quantitative estimate of drug-likeness (QED) is 0.568. The summed E-state index contributed by atoms with van der Waals surface area (Å²) < 4.78 is 68.2. The smallest absolute Gasteiger partial charge is 0.279 e. The van der Waals surface area contributed by atoms with Crippen molar-refractivity contribution in [3.8, 4) is 0 Å². The molecule has 0 bridgehead atoms. The molecule has 172 valence electrons. The summed E-state index contributed by atoms with van der Waals surface area (Å²) in [4.78, 5) is 0.0481. The third-order valence-electron chi connectivity index (χ3n) is 5.20. The van der Waals surface area contributed by atoms with E-state index in [1.807, 2.05) is 6.92 Å². The van der Waals surface area contributed by atoms with Crippen LogP contribution in [0.1, 0.15) is 29.2 Å². The highest BCUT2D eigenvalue weighted by Gasteiger charge is 2.38. The molecular weight excluding hydrogens is 465 g/mol. The van der Waals surface area contributed by atoms with Gasteiger partial charge in [-0.25, -0.2) is 12.8 Å². The molecule has 0 fully saturated rings. The molecular formula is C23H22FN3O4S2. The standard InChI is InChI=1S/C23H22FN3O4S2/c1-16-10-12-19(13-11-16)33(30,31)27-23(20-8-3-4-9-21(20)24)15-22(25-27)17-6-5-7-18(14-17)26-32(2,28)29/h3-14,23,26H,15H2,1-2H3/t23-/m0/s1. The first-order valence-electron chi connectivity index (χ1n) is 10.1. The van der Waals surface area contributed by atoms with Crippen molar-refractivity contribution in [1.29, 1.82) is 0 Å². The van der Waals surface area contributed by atoms with Gasteiger partial charge in [-0.3, -0.25) is 4.72 Å². The maximum atomic E-state index is 14.7. The van der Waals surface area contributed by atoms with Gasteiger partial charge in [0.05, 0.1) is 22.9 Å². The van der Waals surface area contributed by atoms with Gasteiger partial charge in [-0.2, -0.15) is 17.9 Å². The minimum absolute atomic E-state index is 0.0481. The van der Waals surface area contributed by atoms with E-state index in [9.17, 15) is 21.2 Å². The van der Waals surface area contributed by atoms with Crippen molar-refractivity contribution in [1.82, 2.24) is 4.41 Å². The first-order valence-corrected chi connectivity index (χ1v) is 13.4. The van der Waals surface area contributed by atoms with E-state index in [4.69, 9.17) is 0 Å². The number of sulfonamides is 2. The van der Waals surface area contributed by atoms with Crippen LogP contribution in [0.4, 0.5) is 10.1 Å². The van der Waals surface area contributed by atoms with Crippen LogP contribution in [-0.2, 0) is 20.0 Å². The second-order valence-electron chi connectivity index (χ2n) is 7.83. The maximum Gasteiger partial charge on any atom is 0.279 e. The van der Waals surface area contributed by atoms with Crippen molar-refractivity contribution in [3.05, 3.63) is 95.3 Å². The number of anilines is 1. The fraction of sp³-hybridized carbons (Fsp3) is 0.174. The highest BCUT2D eigenvalue weighted by molar-refractivity contribution is 7.92. The summed E-state index contributed by atoms with van der Waals surface area (Å²) in [7, 11) is -7.58. The molecule has 7 nitrogen and oxygen atoms in total. The highest BCUT2D eigenvalue weighted by Crippen LogP contribution is 2.38. The Morgan fingerprint density at radius 2 is 1.67 bits per heavy atom. The number of hydrogen-bond acceptors (Lipinski definition) is 5. The van der Waals surface area contributed by atoms with Gasteiger partial charge in [-0.05, 0) is 42.8 Å². The first-order chi connectivity index (χ1) is 15.5.